The van der Waals surface area contributed by atoms with Crippen LogP contribution in [0.2, 0.25) is 5.02 Å². The number of pyridine rings is 1. The summed E-state index contributed by atoms with van der Waals surface area (Å²) in [5.74, 6) is 0. The number of hydrogen-bond donors (Lipinski definition) is 2. The average Bonchev–Trinajstić information content (AvgIpc) is 3.00. The number of aromatic nitrogens is 2. The second-order valence-corrected chi connectivity index (χ2v) is 5.69. The number of nitrogens with two attached hydrogens (primary N) is 1. The van der Waals surface area contributed by atoms with Crippen LogP contribution in [0.1, 0.15) is 11.1 Å². The van der Waals surface area contributed by atoms with Gasteiger partial charge in [0.05, 0.1) is 17.6 Å². The van der Waals surface area contributed by atoms with Crippen LogP contribution in [0.25, 0.3) is 16.9 Å². The van der Waals surface area contributed by atoms with E-state index in [4.69, 9.17) is 17.3 Å². The largest absolute Gasteiger partial charge is 0.325 e. The van der Waals surface area contributed by atoms with Gasteiger partial charge < -0.3 is 5.73 Å². The van der Waals surface area contributed by atoms with E-state index in [1.165, 1.54) is 0 Å². The molecule has 7 heteroatoms. The molecule has 24 heavy (non-hydrogen) atoms. The first-order valence-electron chi connectivity index (χ1n) is 7.34. The van der Waals surface area contributed by atoms with Crippen molar-refractivity contribution in [2.24, 2.45) is 10.8 Å². The van der Waals surface area contributed by atoms with Crippen molar-refractivity contribution in [1.82, 2.24) is 14.8 Å². The molecule has 1 aromatic carbocycles. The number of halogens is 1. The number of fused-ring (bicyclic) bond motifs is 1. The molecular weight excluding hydrogens is 326 g/mol. The fraction of sp³-hybridized carbons (Fsp3) is 0.118. The lowest BCUT2D eigenvalue weighted by Crippen LogP contribution is -2.20. The Morgan fingerprint density at radius 2 is 2.25 bits per heavy atom. The van der Waals surface area contributed by atoms with Crippen LogP contribution >= 0.6 is 11.6 Å². The number of benzene rings is 1. The summed E-state index contributed by atoms with van der Waals surface area (Å²) >= 11 is 6.01. The van der Waals surface area contributed by atoms with Gasteiger partial charge in [-0.25, -0.2) is 10.4 Å². The van der Waals surface area contributed by atoms with Gasteiger partial charge in [0.15, 0.2) is 0 Å². The minimum Gasteiger partial charge on any atom is -0.325 e. The third-order valence-corrected chi connectivity index (χ3v) is 4.00. The summed E-state index contributed by atoms with van der Waals surface area (Å²) in [5, 5.41) is 4.66. The summed E-state index contributed by atoms with van der Waals surface area (Å²) < 4.78 is 1.96. The van der Waals surface area contributed by atoms with E-state index >= 15 is 0 Å². The third kappa shape index (κ3) is 3.02. The Morgan fingerprint density at radius 1 is 1.42 bits per heavy atom. The monoisotopic (exact) mass is 341 g/mol. The molecule has 0 aliphatic heterocycles. The molecule has 3 N–H and O–H groups in total. The molecule has 0 bridgehead atoms. The fourth-order valence-corrected chi connectivity index (χ4v) is 2.74. The number of nitrogens with zero attached hydrogens (tertiary/aromatic N) is 3. The van der Waals surface area contributed by atoms with E-state index in [1.807, 2.05) is 41.8 Å². The minimum absolute atomic E-state index is 0.216. The van der Waals surface area contributed by atoms with E-state index in [0.29, 0.717) is 17.1 Å². The topological polar surface area (TPSA) is 84.8 Å². The Hall–Kier alpha value is -2.70. The summed E-state index contributed by atoms with van der Waals surface area (Å²) in [4.78, 5) is 14.9. The van der Waals surface area contributed by atoms with Crippen LogP contribution in [0.15, 0.2) is 47.8 Å². The molecule has 0 saturated heterocycles. The SMILES string of the molecule is Cc1ccc(-c2cnc3cc(Cl)ccn23)cc1/C(CN)=N\NC=O. The number of imidazole rings is 1. The smallest absolute Gasteiger partial charge is 0.227 e. The van der Waals surface area contributed by atoms with Crippen LogP contribution in [0, 0.1) is 6.92 Å². The number of rotatable bonds is 5. The van der Waals surface area contributed by atoms with E-state index in [2.05, 4.69) is 15.5 Å². The van der Waals surface area contributed by atoms with Crippen molar-refractivity contribution in [3.05, 3.63) is 58.9 Å². The molecule has 1 amide bonds. The molecule has 0 fully saturated rings. The number of carbonyl (C=O) groups excluding carboxylic acids is 1. The van der Waals surface area contributed by atoms with Gasteiger partial charge >= 0.3 is 0 Å². The Bertz CT molecular complexity index is 932. The molecule has 3 aromatic rings. The average molecular weight is 342 g/mol. The van der Waals surface area contributed by atoms with Gasteiger partial charge in [-0.3, -0.25) is 9.20 Å². The number of carbonyl (C=O) groups is 1. The van der Waals surface area contributed by atoms with Crippen LogP contribution in [0.3, 0.4) is 0 Å². The van der Waals surface area contributed by atoms with E-state index in [0.717, 1.165) is 28.0 Å². The molecule has 122 valence electrons. The zero-order valence-corrected chi connectivity index (χ0v) is 13.8. The van der Waals surface area contributed by atoms with E-state index < -0.39 is 0 Å². The van der Waals surface area contributed by atoms with Crippen LogP contribution in [0.4, 0.5) is 0 Å². The highest BCUT2D eigenvalue weighted by Gasteiger charge is 2.11. The first-order valence-corrected chi connectivity index (χ1v) is 7.71. The molecule has 0 unspecified atom stereocenters. The standard InChI is InChI=1S/C17H16ClN5O/c1-11-2-3-12(6-14(11)15(8-19)22-21-10-24)16-9-20-17-7-13(18)4-5-23(16)17/h2-7,9-10H,8,19H2,1H3,(H,21,24)/b22-15-. The molecule has 3 rings (SSSR count). The van der Waals surface area contributed by atoms with Crippen LogP contribution in [-0.2, 0) is 4.79 Å². The van der Waals surface area contributed by atoms with Gasteiger partial charge in [0.25, 0.3) is 0 Å². The molecule has 0 aliphatic carbocycles. The molecule has 2 aromatic heterocycles. The number of aryl methyl sites for hydroxylation is 1. The summed E-state index contributed by atoms with van der Waals surface area (Å²) in [6.45, 7) is 2.19. The maximum absolute atomic E-state index is 10.5. The van der Waals surface area contributed by atoms with Crippen molar-refractivity contribution in [2.45, 2.75) is 6.92 Å². The molecule has 2 heterocycles. The van der Waals surface area contributed by atoms with Gasteiger partial charge in [-0.15, -0.1) is 0 Å². The molecule has 0 saturated carbocycles. The Labute approximate surface area is 144 Å². The lowest BCUT2D eigenvalue weighted by Gasteiger charge is -2.10. The molecule has 0 aliphatic rings. The quantitative estimate of drug-likeness (QED) is 0.424. The maximum Gasteiger partial charge on any atom is 0.227 e. The van der Waals surface area contributed by atoms with Crippen molar-refractivity contribution in [3.8, 4) is 11.3 Å². The van der Waals surface area contributed by atoms with E-state index in [9.17, 15) is 4.79 Å². The van der Waals surface area contributed by atoms with Crippen LogP contribution in [-0.4, -0.2) is 28.1 Å². The fourth-order valence-electron chi connectivity index (χ4n) is 2.58. The number of amides is 1. The van der Waals surface area contributed by atoms with Gasteiger partial charge in [0, 0.05) is 35.0 Å². The van der Waals surface area contributed by atoms with Crippen LogP contribution in [0.5, 0.6) is 0 Å². The third-order valence-electron chi connectivity index (χ3n) is 3.77. The lowest BCUT2D eigenvalue weighted by molar-refractivity contribution is -0.109. The highest BCUT2D eigenvalue weighted by atomic mass is 35.5. The van der Waals surface area contributed by atoms with Gasteiger partial charge in [-0.05, 0) is 24.6 Å². The second-order valence-electron chi connectivity index (χ2n) is 5.26. The highest BCUT2D eigenvalue weighted by Crippen LogP contribution is 2.25. The molecule has 0 atom stereocenters. The summed E-state index contributed by atoms with van der Waals surface area (Å²) in [6.07, 6.45) is 4.19. The minimum atomic E-state index is 0.216. The molecule has 6 nitrogen and oxygen atoms in total. The number of nitrogens with one attached hydrogen (secondary N) is 1. The summed E-state index contributed by atoms with van der Waals surface area (Å²) in [7, 11) is 0. The van der Waals surface area contributed by atoms with Crippen LogP contribution < -0.4 is 11.2 Å². The predicted octanol–water partition coefficient (Wildman–Crippen LogP) is 2.37. The Balaban J connectivity index is 2.12. The summed E-state index contributed by atoms with van der Waals surface area (Å²) in [6, 6.07) is 9.62. The molecular formula is C17H16ClN5O. The predicted molar refractivity (Wildman–Crippen MR) is 95.2 cm³/mol. The first kappa shape index (κ1) is 16.2. The lowest BCUT2D eigenvalue weighted by atomic mass is 9.99. The van der Waals surface area contributed by atoms with Crippen molar-refractivity contribution in [1.29, 1.82) is 0 Å². The van der Waals surface area contributed by atoms with E-state index in [-0.39, 0.29) is 6.54 Å². The van der Waals surface area contributed by atoms with Gasteiger partial charge in [0.2, 0.25) is 6.41 Å². The molecule has 0 spiro atoms. The van der Waals surface area contributed by atoms with Crippen molar-refractivity contribution in [3.63, 3.8) is 0 Å². The van der Waals surface area contributed by atoms with Crippen molar-refractivity contribution < 1.29 is 4.79 Å². The maximum atomic E-state index is 10.5. The normalized spacial score (nSPS) is 11.7. The number of hydrogen-bond acceptors (Lipinski definition) is 4. The van der Waals surface area contributed by atoms with Gasteiger partial charge in [0.1, 0.15) is 5.65 Å². The zero-order valence-electron chi connectivity index (χ0n) is 13.0. The Kier molecular flexibility index (Phi) is 4.59. The van der Waals surface area contributed by atoms with Crippen molar-refractivity contribution in [2.75, 3.05) is 6.54 Å². The Morgan fingerprint density at radius 3 is 3.00 bits per heavy atom. The first-order chi connectivity index (χ1) is 11.6. The number of hydrazone groups is 1. The zero-order chi connectivity index (χ0) is 17.1. The highest BCUT2D eigenvalue weighted by molar-refractivity contribution is 6.30. The summed E-state index contributed by atoms with van der Waals surface area (Å²) in [5.41, 5.74) is 13.3. The van der Waals surface area contributed by atoms with Gasteiger partial charge in [-0.2, -0.15) is 5.10 Å². The second kappa shape index (κ2) is 6.82. The van der Waals surface area contributed by atoms with E-state index in [1.54, 1.807) is 12.3 Å². The molecule has 0 radical (unpaired) electrons. The van der Waals surface area contributed by atoms with Crippen molar-refractivity contribution >= 4 is 29.4 Å². The van der Waals surface area contributed by atoms with Gasteiger partial charge in [-0.1, -0.05) is 23.7 Å².